The van der Waals surface area contributed by atoms with Crippen molar-refractivity contribution in [1.29, 1.82) is 0 Å². The molecule has 1 aliphatic carbocycles. The van der Waals surface area contributed by atoms with Crippen LogP contribution in [0.4, 0.5) is 17.3 Å². The van der Waals surface area contributed by atoms with Crippen LogP contribution in [-0.4, -0.2) is 111 Å². The number of hydrogen-bond acceptors (Lipinski definition) is 14. The summed E-state index contributed by atoms with van der Waals surface area (Å²) < 4.78 is 24.8. The zero-order valence-electron chi connectivity index (χ0n) is 36.3. The van der Waals surface area contributed by atoms with Gasteiger partial charge in [0.25, 0.3) is 11.8 Å². The molecule has 9 rings (SSSR count). The summed E-state index contributed by atoms with van der Waals surface area (Å²) in [4.78, 5) is 65.2. The van der Waals surface area contributed by atoms with Gasteiger partial charge in [0.05, 0.1) is 49.3 Å². The average Bonchev–Trinajstić information content (AvgIpc) is 3.66. The van der Waals surface area contributed by atoms with Crippen LogP contribution < -0.4 is 26.0 Å². The molecule has 334 valence electrons. The summed E-state index contributed by atoms with van der Waals surface area (Å²) in [5.74, 6) is 1.61. The van der Waals surface area contributed by atoms with E-state index in [-0.39, 0.29) is 24.1 Å². The first-order valence-electron chi connectivity index (χ1n) is 21.7. The molecule has 4 amide bonds. The lowest BCUT2D eigenvalue weighted by atomic mass is 10.0. The second kappa shape index (κ2) is 18.1. The number of nitrogens with one attached hydrogen (secondary N) is 5. The second-order valence-electron chi connectivity index (χ2n) is 16.2. The minimum Gasteiger partial charge on any atom is -0.496 e. The predicted molar refractivity (Wildman–Crippen MR) is 236 cm³/mol. The van der Waals surface area contributed by atoms with E-state index in [4.69, 9.17) is 33.8 Å². The molecule has 6 heterocycles. The minimum atomic E-state index is -0.666. The Kier molecular flexibility index (Phi) is 12.0. The number of benzene rings is 2. The lowest BCUT2D eigenvalue weighted by Crippen LogP contribution is -2.52. The molecule has 1 saturated heterocycles. The topological polar surface area (TPSA) is 233 Å². The van der Waals surface area contributed by atoms with Crippen molar-refractivity contribution in [3.05, 3.63) is 70.5 Å². The Labute approximate surface area is 368 Å². The maximum absolute atomic E-state index is 13.6. The van der Waals surface area contributed by atoms with Crippen LogP contribution in [0.15, 0.2) is 40.9 Å². The van der Waals surface area contributed by atoms with Crippen LogP contribution in [-0.2, 0) is 32.2 Å². The molecular weight excluding hydrogens is 823 g/mol. The van der Waals surface area contributed by atoms with Gasteiger partial charge in [0.15, 0.2) is 0 Å². The van der Waals surface area contributed by atoms with Crippen molar-refractivity contribution in [1.82, 2.24) is 45.4 Å². The monoisotopic (exact) mass is 873 g/mol. The highest BCUT2D eigenvalue weighted by atomic mass is 16.5. The Hall–Kier alpha value is -6.86. The number of H-pyrrole nitrogens is 1. The Morgan fingerprint density at radius 1 is 0.984 bits per heavy atom. The quantitative estimate of drug-likeness (QED) is 0.0517. The number of piperidine rings is 1. The van der Waals surface area contributed by atoms with Crippen molar-refractivity contribution in [2.24, 2.45) is 0 Å². The predicted octanol–water partition coefficient (Wildman–Crippen LogP) is 5.26. The minimum absolute atomic E-state index is 0.00562. The fourth-order valence-corrected chi connectivity index (χ4v) is 8.51. The highest BCUT2D eigenvalue weighted by Gasteiger charge is 2.40. The Balaban J connectivity index is 0.786. The first-order valence-corrected chi connectivity index (χ1v) is 21.7. The van der Waals surface area contributed by atoms with Gasteiger partial charge in [-0.1, -0.05) is 11.2 Å². The van der Waals surface area contributed by atoms with E-state index < -0.39 is 17.9 Å². The summed E-state index contributed by atoms with van der Waals surface area (Å²) in [6.07, 6.45) is 3.32. The number of rotatable bonds is 19. The molecule has 2 fully saturated rings. The normalized spacial score (nSPS) is 16.2. The molecule has 3 aliphatic rings. The SMILES string of the molecule is CCn1nc(C2CC2)cc1Nc1nc(C(=O)NCCCOCCOCCNc2cccc3c2CN(C2CCC(=O)NC2=O)C3=O)nc2[nH]c3cc(-c4c(C)noc4C)c(OC)cc3c12. The zero-order chi connectivity index (χ0) is 44.5. The average molecular weight is 874 g/mol. The van der Waals surface area contributed by atoms with Crippen molar-refractivity contribution < 1.29 is 37.9 Å². The molecule has 1 atom stereocenters. The van der Waals surface area contributed by atoms with Gasteiger partial charge in [-0.25, -0.2) is 14.6 Å². The number of fused-ring (bicyclic) bond motifs is 4. The molecule has 19 heteroatoms. The number of methoxy groups -OCH3 is 1. The number of carbonyl (C=O) groups excluding carboxylic acids is 4. The molecule has 19 nitrogen and oxygen atoms in total. The second-order valence-corrected chi connectivity index (χ2v) is 16.2. The van der Waals surface area contributed by atoms with E-state index in [1.54, 1.807) is 19.2 Å². The number of imide groups is 1. The molecule has 1 saturated carbocycles. The molecular formula is C45H51N11O8. The number of aromatic nitrogens is 6. The molecule has 64 heavy (non-hydrogen) atoms. The first kappa shape index (κ1) is 42.4. The van der Waals surface area contributed by atoms with E-state index in [1.165, 1.54) is 4.90 Å². The van der Waals surface area contributed by atoms with Gasteiger partial charge >= 0.3 is 0 Å². The molecule has 0 spiro atoms. The maximum Gasteiger partial charge on any atom is 0.289 e. The zero-order valence-corrected chi connectivity index (χ0v) is 36.3. The highest BCUT2D eigenvalue weighted by molar-refractivity contribution is 6.14. The summed E-state index contributed by atoms with van der Waals surface area (Å²) >= 11 is 0. The van der Waals surface area contributed by atoms with Crippen LogP contribution in [0.2, 0.25) is 0 Å². The number of hydrogen-bond donors (Lipinski definition) is 5. The lowest BCUT2D eigenvalue weighted by Gasteiger charge is -2.29. The number of carbonyl (C=O) groups is 4. The van der Waals surface area contributed by atoms with Gasteiger partial charge in [0.1, 0.15) is 34.8 Å². The van der Waals surface area contributed by atoms with Crippen molar-refractivity contribution in [2.45, 2.75) is 77.9 Å². The summed E-state index contributed by atoms with van der Waals surface area (Å²) in [6.45, 7) is 9.14. The van der Waals surface area contributed by atoms with Crippen LogP contribution >= 0.6 is 0 Å². The number of amides is 4. The van der Waals surface area contributed by atoms with Crippen LogP contribution in [0.5, 0.6) is 5.75 Å². The maximum atomic E-state index is 13.6. The molecule has 2 aliphatic heterocycles. The van der Waals surface area contributed by atoms with E-state index in [0.29, 0.717) is 105 Å². The van der Waals surface area contributed by atoms with Crippen LogP contribution in [0.25, 0.3) is 33.1 Å². The van der Waals surface area contributed by atoms with Crippen LogP contribution in [0.3, 0.4) is 0 Å². The van der Waals surface area contributed by atoms with Crippen molar-refractivity contribution in [3.8, 4) is 16.9 Å². The van der Waals surface area contributed by atoms with Gasteiger partial charge in [0, 0.05) is 84.5 Å². The van der Waals surface area contributed by atoms with Gasteiger partial charge in [-0.15, -0.1) is 0 Å². The molecule has 1 unspecified atom stereocenters. The summed E-state index contributed by atoms with van der Waals surface area (Å²) in [5, 5.41) is 22.6. The Bertz CT molecular complexity index is 2750. The van der Waals surface area contributed by atoms with Crippen molar-refractivity contribution in [2.75, 3.05) is 57.3 Å². The van der Waals surface area contributed by atoms with Gasteiger partial charge < -0.3 is 44.6 Å². The number of nitrogens with zero attached hydrogens (tertiary/aromatic N) is 6. The largest absolute Gasteiger partial charge is 0.496 e. The number of aryl methyl sites for hydroxylation is 3. The summed E-state index contributed by atoms with van der Waals surface area (Å²) in [5.41, 5.74) is 6.88. The fourth-order valence-electron chi connectivity index (χ4n) is 8.51. The number of ether oxygens (including phenoxy) is 3. The number of aromatic amines is 1. The summed E-state index contributed by atoms with van der Waals surface area (Å²) in [7, 11) is 1.62. The van der Waals surface area contributed by atoms with E-state index >= 15 is 0 Å². The van der Waals surface area contributed by atoms with Crippen LogP contribution in [0, 0.1) is 13.8 Å². The van der Waals surface area contributed by atoms with Crippen LogP contribution in [0.1, 0.15) is 88.6 Å². The molecule has 2 aromatic carbocycles. The van der Waals surface area contributed by atoms with Gasteiger partial charge in [0.2, 0.25) is 17.6 Å². The van der Waals surface area contributed by atoms with Crippen molar-refractivity contribution in [3.63, 3.8) is 0 Å². The van der Waals surface area contributed by atoms with E-state index in [2.05, 4.69) is 37.5 Å². The molecule has 6 aromatic rings. The highest BCUT2D eigenvalue weighted by Crippen LogP contribution is 2.43. The molecule has 0 radical (unpaired) electrons. The third-order valence-electron chi connectivity index (χ3n) is 11.9. The molecule has 5 N–H and O–H groups in total. The Morgan fingerprint density at radius 3 is 2.56 bits per heavy atom. The lowest BCUT2D eigenvalue weighted by molar-refractivity contribution is -0.136. The molecule has 4 aromatic heterocycles. The summed E-state index contributed by atoms with van der Waals surface area (Å²) in [6, 6.07) is 10.8. The standard InChI is InChI=1S/C45H51N11O8/c1-5-56-36(22-32(53-56)26-10-11-26)49-41-39-28-21-35(61-4)29(38-24(2)54-64-25(38)3)20-33(28)48-40(39)51-42(52-41)44(59)47-14-7-16-62-18-19-63-17-15-46-31-9-6-8-27-30(31)23-55(45(27)60)34-12-13-37(57)50-43(34)58/h6,8-9,20-22,26,34,46H,5,7,10-19,23H2,1-4H3,(H,47,59)(H,50,57,58)(H2,48,49,51,52). The van der Waals surface area contributed by atoms with Gasteiger partial charge in [-0.2, -0.15) is 5.10 Å². The van der Waals surface area contributed by atoms with E-state index in [0.717, 1.165) is 63.3 Å². The van der Waals surface area contributed by atoms with E-state index in [1.807, 2.05) is 43.7 Å². The number of anilines is 3. The van der Waals surface area contributed by atoms with Gasteiger partial charge in [-0.05, 0) is 70.7 Å². The first-order chi connectivity index (χ1) is 31.1. The van der Waals surface area contributed by atoms with Gasteiger partial charge in [-0.3, -0.25) is 24.5 Å². The third kappa shape index (κ3) is 8.47. The third-order valence-corrected chi connectivity index (χ3v) is 11.9. The smallest absolute Gasteiger partial charge is 0.289 e. The Morgan fingerprint density at radius 2 is 1.81 bits per heavy atom. The van der Waals surface area contributed by atoms with E-state index in [9.17, 15) is 19.2 Å². The van der Waals surface area contributed by atoms with Crippen molar-refractivity contribution >= 4 is 62.9 Å². The molecule has 0 bridgehead atoms. The fraction of sp³-hybridized carbons (Fsp3) is 0.422.